The maximum atomic E-state index is 11.4. The lowest BCUT2D eigenvalue weighted by atomic mass is 10.2. The zero-order valence-electron chi connectivity index (χ0n) is 9.42. The van der Waals surface area contributed by atoms with Crippen LogP contribution >= 0.6 is 12.6 Å². The number of hydrogen-bond acceptors (Lipinski definition) is 3. The van der Waals surface area contributed by atoms with Crippen LogP contribution in [0.25, 0.3) is 0 Å². The summed E-state index contributed by atoms with van der Waals surface area (Å²) in [6.07, 6.45) is 3.31. The first-order chi connectivity index (χ1) is 6.59. The molecule has 0 saturated heterocycles. The number of carbonyl (C=O) groups is 1. The van der Waals surface area contributed by atoms with Gasteiger partial charge in [0, 0.05) is 6.54 Å². The van der Waals surface area contributed by atoms with Gasteiger partial charge in [0.2, 0.25) is 5.91 Å². The van der Waals surface area contributed by atoms with Crippen LogP contribution in [-0.4, -0.2) is 43.2 Å². The first kappa shape index (κ1) is 13.8. The van der Waals surface area contributed by atoms with Gasteiger partial charge in [0.25, 0.3) is 0 Å². The number of hydrogen-bond donors (Lipinski definition) is 2. The summed E-state index contributed by atoms with van der Waals surface area (Å²) >= 11 is 4.13. The van der Waals surface area contributed by atoms with Gasteiger partial charge in [-0.15, -0.1) is 0 Å². The van der Waals surface area contributed by atoms with E-state index in [0.29, 0.717) is 0 Å². The first-order valence-corrected chi connectivity index (χ1v) is 5.78. The number of likely N-dealkylation sites (N-methyl/N-ethyl adjacent to an activating group) is 1. The van der Waals surface area contributed by atoms with Crippen LogP contribution in [0, 0.1) is 0 Å². The second-order valence-corrected chi connectivity index (χ2v) is 4.16. The Hall–Kier alpha value is -0.220. The molecule has 0 aliphatic heterocycles. The number of nitrogens with zero attached hydrogens (tertiary/aromatic N) is 1. The van der Waals surface area contributed by atoms with Crippen LogP contribution in [0.1, 0.15) is 26.2 Å². The third-order valence-electron chi connectivity index (χ3n) is 2.29. The molecule has 0 aliphatic carbocycles. The van der Waals surface area contributed by atoms with E-state index in [-0.39, 0.29) is 11.9 Å². The van der Waals surface area contributed by atoms with Crippen molar-refractivity contribution in [3.05, 3.63) is 0 Å². The highest BCUT2D eigenvalue weighted by Gasteiger charge is 2.13. The quantitative estimate of drug-likeness (QED) is 0.496. The molecule has 0 heterocycles. The Balaban J connectivity index is 3.44. The fraction of sp³-hybridized carbons (Fsp3) is 0.900. The van der Waals surface area contributed by atoms with Crippen LogP contribution < -0.4 is 5.32 Å². The summed E-state index contributed by atoms with van der Waals surface area (Å²) in [6.45, 7) is 2.69. The molecule has 0 bridgehead atoms. The van der Waals surface area contributed by atoms with Gasteiger partial charge in [-0.25, -0.2) is 0 Å². The van der Waals surface area contributed by atoms with Gasteiger partial charge in [-0.1, -0.05) is 6.42 Å². The summed E-state index contributed by atoms with van der Waals surface area (Å²) in [5.41, 5.74) is 0. The third kappa shape index (κ3) is 6.27. The fourth-order valence-electron chi connectivity index (χ4n) is 1.01. The normalized spacial score (nSPS) is 12.9. The predicted octanol–water partition coefficient (Wildman–Crippen LogP) is 1.15. The molecule has 4 heteroatoms. The van der Waals surface area contributed by atoms with Crippen LogP contribution in [0.5, 0.6) is 0 Å². The standard InChI is InChI=1S/C10H22N2OS/c1-9(12(2)3)10(13)11-7-5-4-6-8-14/h9,14H,4-8H2,1-3H3,(H,11,13). The second-order valence-electron chi connectivity index (χ2n) is 3.71. The van der Waals surface area contributed by atoms with Gasteiger partial charge in [0.1, 0.15) is 0 Å². The number of nitrogens with one attached hydrogen (secondary N) is 1. The summed E-state index contributed by atoms with van der Waals surface area (Å²) in [7, 11) is 3.82. The SMILES string of the molecule is CC(C(=O)NCCCCCS)N(C)C. The third-order valence-corrected chi connectivity index (χ3v) is 2.60. The van der Waals surface area contributed by atoms with Crippen molar-refractivity contribution in [1.29, 1.82) is 0 Å². The molecule has 0 aromatic rings. The molecule has 1 N–H and O–H groups in total. The highest BCUT2D eigenvalue weighted by molar-refractivity contribution is 7.80. The van der Waals surface area contributed by atoms with Gasteiger partial charge >= 0.3 is 0 Å². The van der Waals surface area contributed by atoms with Gasteiger partial charge < -0.3 is 5.32 Å². The van der Waals surface area contributed by atoms with Crippen molar-refractivity contribution in [2.24, 2.45) is 0 Å². The van der Waals surface area contributed by atoms with E-state index in [0.717, 1.165) is 31.6 Å². The average molecular weight is 218 g/mol. The first-order valence-electron chi connectivity index (χ1n) is 5.14. The van der Waals surface area contributed by atoms with E-state index in [1.54, 1.807) is 0 Å². The van der Waals surface area contributed by atoms with Crippen LogP contribution in [0.3, 0.4) is 0 Å². The minimum Gasteiger partial charge on any atom is -0.355 e. The molecule has 0 saturated carbocycles. The van der Waals surface area contributed by atoms with Crippen molar-refractivity contribution in [2.75, 3.05) is 26.4 Å². The highest BCUT2D eigenvalue weighted by atomic mass is 32.1. The van der Waals surface area contributed by atoms with E-state index in [9.17, 15) is 4.79 Å². The van der Waals surface area contributed by atoms with E-state index in [4.69, 9.17) is 0 Å². The highest BCUT2D eigenvalue weighted by Crippen LogP contribution is 1.96. The molecule has 14 heavy (non-hydrogen) atoms. The fourth-order valence-corrected chi connectivity index (χ4v) is 1.23. The summed E-state index contributed by atoms with van der Waals surface area (Å²) in [5.74, 6) is 1.04. The Kier molecular flexibility index (Phi) is 7.99. The average Bonchev–Trinajstić information content (AvgIpc) is 2.16. The zero-order chi connectivity index (χ0) is 11.0. The molecule has 0 rings (SSSR count). The Morgan fingerprint density at radius 2 is 2.00 bits per heavy atom. The molecule has 1 unspecified atom stereocenters. The molecule has 0 aromatic heterocycles. The Bertz CT molecular complexity index is 162. The molecule has 0 aromatic carbocycles. The molecular weight excluding hydrogens is 196 g/mol. The van der Waals surface area contributed by atoms with Crippen molar-refractivity contribution in [3.63, 3.8) is 0 Å². The molecule has 0 aliphatic rings. The molecule has 3 nitrogen and oxygen atoms in total. The molecular formula is C10H22N2OS. The molecule has 84 valence electrons. The Morgan fingerprint density at radius 3 is 2.50 bits per heavy atom. The monoisotopic (exact) mass is 218 g/mol. The van der Waals surface area contributed by atoms with Crippen LogP contribution in [-0.2, 0) is 4.79 Å². The van der Waals surface area contributed by atoms with E-state index < -0.39 is 0 Å². The minimum absolute atomic E-state index is 0.0418. The number of rotatable bonds is 7. The number of thiol groups is 1. The summed E-state index contributed by atoms with van der Waals surface area (Å²) in [5, 5.41) is 2.92. The van der Waals surface area contributed by atoms with E-state index in [1.807, 2.05) is 25.9 Å². The van der Waals surface area contributed by atoms with Crippen LogP contribution in [0.15, 0.2) is 0 Å². The molecule has 0 fully saturated rings. The van der Waals surface area contributed by atoms with E-state index in [1.165, 1.54) is 0 Å². The molecule has 1 amide bonds. The second kappa shape index (κ2) is 8.12. The number of unbranched alkanes of at least 4 members (excludes halogenated alkanes) is 2. The van der Waals surface area contributed by atoms with Crippen molar-refractivity contribution < 1.29 is 4.79 Å². The lowest BCUT2D eigenvalue weighted by molar-refractivity contribution is -0.124. The van der Waals surface area contributed by atoms with Crippen molar-refractivity contribution in [2.45, 2.75) is 32.2 Å². The van der Waals surface area contributed by atoms with Crippen molar-refractivity contribution >= 4 is 18.5 Å². The number of amides is 1. The topological polar surface area (TPSA) is 32.3 Å². The minimum atomic E-state index is -0.0418. The molecule has 0 radical (unpaired) electrons. The lowest BCUT2D eigenvalue weighted by Gasteiger charge is -2.18. The maximum absolute atomic E-state index is 11.4. The van der Waals surface area contributed by atoms with Gasteiger partial charge in [0.05, 0.1) is 6.04 Å². The maximum Gasteiger partial charge on any atom is 0.237 e. The van der Waals surface area contributed by atoms with Crippen LogP contribution in [0.2, 0.25) is 0 Å². The van der Waals surface area contributed by atoms with Crippen molar-refractivity contribution in [1.82, 2.24) is 10.2 Å². The summed E-state index contributed by atoms with van der Waals surface area (Å²) < 4.78 is 0. The van der Waals surface area contributed by atoms with Gasteiger partial charge in [-0.3, -0.25) is 9.69 Å². The summed E-state index contributed by atoms with van der Waals surface area (Å²) in [6, 6.07) is -0.0418. The smallest absolute Gasteiger partial charge is 0.237 e. The van der Waals surface area contributed by atoms with E-state index >= 15 is 0 Å². The summed E-state index contributed by atoms with van der Waals surface area (Å²) in [4.78, 5) is 13.4. The Morgan fingerprint density at radius 1 is 1.36 bits per heavy atom. The predicted molar refractivity (Wildman–Crippen MR) is 63.9 cm³/mol. The lowest BCUT2D eigenvalue weighted by Crippen LogP contribution is -2.41. The number of carbonyl (C=O) groups excluding carboxylic acids is 1. The van der Waals surface area contributed by atoms with Crippen LogP contribution in [0.4, 0.5) is 0 Å². The molecule has 1 atom stereocenters. The zero-order valence-corrected chi connectivity index (χ0v) is 10.3. The van der Waals surface area contributed by atoms with Crippen molar-refractivity contribution in [3.8, 4) is 0 Å². The van der Waals surface area contributed by atoms with Gasteiger partial charge in [0.15, 0.2) is 0 Å². The van der Waals surface area contributed by atoms with Gasteiger partial charge in [-0.05, 0) is 39.6 Å². The van der Waals surface area contributed by atoms with Gasteiger partial charge in [-0.2, -0.15) is 12.6 Å². The van der Waals surface area contributed by atoms with E-state index in [2.05, 4.69) is 17.9 Å². The largest absolute Gasteiger partial charge is 0.355 e. The molecule has 0 spiro atoms. The Labute approximate surface area is 92.7 Å².